The summed E-state index contributed by atoms with van der Waals surface area (Å²) in [4.78, 5) is 0. The standard InChI is InChI=1S/C14H20FNO2/c1-8-10(14(16)6-4-5-7-14)12(17)13(18-3)9(2)11(8)15/h17H,4-7,16H2,1-3H3. The lowest BCUT2D eigenvalue weighted by Gasteiger charge is -2.29. The van der Waals surface area contributed by atoms with E-state index in [1.165, 1.54) is 7.11 Å². The lowest BCUT2D eigenvalue weighted by atomic mass is 9.84. The minimum Gasteiger partial charge on any atom is -0.504 e. The third-order valence-corrected chi connectivity index (χ3v) is 4.02. The number of nitrogens with two attached hydrogens (primary N) is 1. The average molecular weight is 253 g/mol. The lowest BCUT2D eigenvalue weighted by Crippen LogP contribution is -2.34. The van der Waals surface area contributed by atoms with E-state index in [1.807, 2.05) is 0 Å². The Morgan fingerprint density at radius 1 is 1.22 bits per heavy atom. The number of aromatic hydroxyl groups is 1. The first kappa shape index (κ1) is 13.1. The van der Waals surface area contributed by atoms with Gasteiger partial charge >= 0.3 is 0 Å². The SMILES string of the molecule is COc1c(C)c(F)c(C)c(C2(N)CCCC2)c1O. The van der Waals surface area contributed by atoms with Gasteiger partial charge in [0.05, 0.1) is 7.11 Å². The van der Waals surface area contributed by atoms with E-state index in [2.05, 4.69) is 0 Å². The van der Waals surface area contributed by atoms with Gasteiger partial charge in [-0.15, -0.1) is 0 Å². The Bertz CT molecular complexity index is 479. The molecule has 0 unspecified atom stereocenters. The van der Waals surface area contributed by atoms with Gasteiger partial charge in [0.1, 0.15) is 5.82 Å². The summed E-state index contributed by atoms with van der Waals surface area (Å²) in [5.74, 6) is -0.139. The van der Waals surface area contributed by atoms with Gasteiger partial charge in [0, 0.05) is 16.7 Å². The van der Waals surface area contributed by atoms with E-state index in [9.17, 15) is 9.50 Å². The van der Waals surface area contributed by atoms with E-state index in [1.54, 1.807) is 13.8 Å². The Kier molecular flexibility index (Phi) is 3.23. The van der Waals surface area contributed by atoms with Crippen molar-refractivity contribution in [2.24, 2.45) is 5.73 Å². The summed E-state index contributed by atoms with van der Waals surface area (Å²) in [6.07, 6.45) is 3.56. The Hall–Kier alpha value is -1.29. The molecule has 1 aliphatic rings. The predicted octanol–water partition coefficient (Wildman–Crippen LogP) is 2.88. The van der Waals surface area contributed by atoms with Crippen LogP contribution in [-0.4, -0.2) is 12.2 Å². The Morgan fingerprint density at radius 2 is 1.78 bits per heavy atom. The highest BCUT2D eigenvalue weighted by Gasteiger charge is 2.37. The molecule has 1 aromatic carbocycles. The predicted molar refractivity (Wildman–Crippen MR) is 68.4 cm³/mol. The summed E-state index contributed by atoms with van der Waals surface area (Å²) in [7, 11) is 1.43. The number of ether oxygens (including phenoxy) is 1. The van der Waals surface area contributed by atoms with Crippen LogP contribution >= 0.6 is 0 Å². The van der Waals surface area contributed by atoms with Gasteiger partial charge in [-0.25, -0.2) is 4.39 Å². The average Bonchev–Trinajstić information content (AvgIpc) is 2.75. The van der Waals surface area contributed by atoms with Gasteiger partial charge in [-0.05, 0) is 32.3 Å². The molecule has 2 rings (SSSR count). The third-order valence-electron chi connectivity index (χ3n) is 4.02. The molecule has 1 fully saturated rings. The molecule has 0 saturated heterocycles. The highest BCUT2D eigenvalue weighted by atomic mass is 19.1. The van der Waals surface area contributed by atoms with Gasteiger partial charge in [0.15, 0.2) is 11.5 Å². The minimum atomic E-state index is -0.629. The fourth-order valence-corrected chi connectivity index (χ4v) is 3.07. The molecule has 1 saturated carbocycles. The molecular formula is C14H20FNO2. The largest absolute Gasteiger partial charge is 0.504 e. The van der Waals surface area contributed by atoms with Gasteiger partial charge in [-0.1, -0.05) is 12.8 Å². The molecule has 0 radical (unpaired) electrons. The maximum absolute atomic E-state index is 14.2. The van der Waals surface area contributed by atoms with Gasteiger partial charge in [0.2, 0.25) is 0 Å². The monoisotopic (exact) mass is 253 g/mol. The Morgan fingerprint density at radius 3 is 2.28 bits per heavy atom. The molecule has 1 aromatic rings. The van der Waals surface area contributed by atoms with Crippen LogP contribution in [0.15, 0.2) is 0 Å². The van der Waals surface area contributed by atoms with Crippen LogP contribution in [0.25, 0.3) is 0 Å². The van der Waals surface area contributed by atoms with Crippen molar-refractivity contribution in [1.29, 1.82) is 0 Å². The Balaban J connectivity index is 2.70. The van der Waals surface area contributed by atoms with E-state index in [0.717, 1.165) is 25.7 Å². The van der Waals surface area contributed by atoms with Gasteiger partial charge in [-0.2, -0.15) is 0 Å². The van der Waals surface area contributed by atoms with Crippen molar-refractivity contribution >= 4 is 0 Å². The normalized spacial score (nSPS) is 18.1. The number of phenols is 1. The second kappa shape index (κ2) is 4.43. The van der Waals surface area contributed by atoms with Gasteiger partial charge in [0.25, 0.3) is 0 Å². The summed E-state index contributed by atoms with van der Waals surface area (Å²) in [6, 6.07) is 0. The molecule has 0 aromatic heterocycles. The first-order valence-electron chi connectivity index (χ1n) is 6.27. The summed E-state index contributed by atoms with van der Waals surface area (Å²) < 4.78 is 19.3. The summed E-state index contributed by atoms with van der Waals surface area (Å²) >= 11 is 0. The maximum Gasteiger partial charge on any atom is 0.166 e. The number of methoxy groups -OCH3 is 1. The van der Waals surface area contributed by atoms with E-state index in [-0.39, 0.29) is 17.3 Å². The van der Waals surface area contributed by atoms with Gasteiger partial charge < -0.3 is 15.6 Å². The number of phenolic OH excluding ortho intramolecular Hbond substituents is 1. The van der Waals surface area contributed by atoms with Crippen LogP contribution in [-0.2, 0) is 5.54 Å². The van der Waals surface area contributed by atoms with Crippen molar-refractivity contribution in [3.63, 3.8) is 0 Å². The van der Waals surface area contributed by atoms with Crippen LogP contribution in [0.2, 0.25) is 0 Å². The van der Waals surface area contributed by atoms with Gasteiger partial charge in [-0.3, -0.25) is 0 Å². The van der Waals surface area contributed by atoms with Crippen LogP contribution in [0.5, 0.6) is 11.5 Å². The summed E-state index contributed by atoms with van der Waals surface area (Å²) in [6.45, 7) is 3.27. The van der Waals surface area contributed by atoms with Crippen molar-refractivity contribution in [3.8, 4) is 11.5 Å². The topological polar surface area (TPSA) is 55.5 Å². The zero-order valence-corrected chi connectivity index (χ0v) is 11.1. The molecule has 0 amide bonds. The van der Waals surface area contributed by atoms with Crippen molar-refractivity contribution in [3.05, 3.63) is 22.5 Å². The molecular weight excluding hydrogens is 233 g/mol. The number of rotatable bonds is 2. The second-order valence-corrected chi connectivity index (χ2v) is 5.18. The summed E-state index contributed by atoms with van der Waals surface area (Å²) in [5, 5.41) is 10.3. The first-order chi connectivity index (χ1) is 8.42. The smallest absolute Gasteiger partial charge is 0.166 e. The quantitative estimate of drug-likeness (QED) is 0.852. The zero-order valence-electron chi connectivity index (χ0n) is 11.1. The fourth-order valence-electron chi connectivity index (χ4n) is 3.07. The van der Waals surface area contributed by atoms with Crippen LogP contribution < -0.4 is 10.5 Å². The molecule has 3 N–H and O–H groups in total. The highest BCUT2D eigenvalue weighted by Crippen LogP contribution is 2.47. The summed E-state index contributed by atoms with van der Waals surface area (Å²) in [5.41, 5.74) is 7.00. The zero-order chi connectivity index (χ0) is 13.5. The lowest BCUT2D eigenvalue weighted by molar-refractivity contribution is 0.346. The van der Waals surface area contributed by atoms with Crippen molar-refractivity contribution in [1.82, 2.24) is 0 Å². The molecule has 4 heteroatoms. The molecule has 0 aliphatic heterocycles. The minimum absolute atomic E-state index is 0.00157. The van der Waals surface area contributed by atoms with E-state index in [4.69, 9.17) is 10.5 Å². The van der Waals surface area contributed by atoms with Crippen LogP contribution in [0.1, 0.15) is 42.4 Å². The van der Waals surface area contributed by atoms with Crippen LogP contribution in [0, 0.1) is 19.7 Å². The first-order valence-corrected chi connectivity index (χ1v) is 6.27. The molecule has 0 spiro atoms. The number of hydrogen-bond acceptors (Lipinski definition) is 3. The second-order valence-electron chi connectivity index (χ2n) is 5.18. The van der Waals surface area contributed by atoms with E-state index >= 15 is 0 Å². The third kappa shape index (κ3) is 1.75. The number of hydrogen-bond donors (Lipinski definition) is 2. The fraction of sp³-hybridized carbons (Fsp3) is 0.571. The van der Waals surface area contributed by atoms with Crippen molar-refractivity contribution < 1.29 is 14.2 Å². The molecule has 100 valence electrons. The molecule has 0 atom stereocenters. The highest BCUT2D eigenvalue weighted by molar-refractivity contribution is 5.57. The molecule has 18 heavy (non-hydrogen) atoms. The molecule has 0 heterocycles. The van der Waals surface area contributed by atoms with E-state index < -0.39 is 5.54 Å². The molecule has 3 nitrogen and oxygen atoms in total. The molecule has 1 aliphatic carbocycles. The van der Waals surface area contributed by atoms with Crippen LogP contribution in [0.3, 0.4) is 0 Å². The number of benzene rings is 1. The van der Waals surface area contributed by atoms with Crippen molar-refractivity contribution in [2.75, 3.05) is 7.11 Å². The van der Waals surface area contributed by atoms with E-state index in [0.29, 0.717) is 16.7 Å². The van der Waals surface area contributed by atoms with Crippen LogP contribution in [0.4, 0.5) is 4.39 Å². The Labute approximate surface area is 107 Å². The molecule has 0 bridgehead atoms. The van der Waals surface area contributed by atoms with Crippen molar-refractivity contribution in [2.45, 2.75) is 45.1 Å². The number of halogens is 1. The maximum atomic E-state index is 14.2.